The number of rotatable bonds is 5. The van der Waals surface area contributed by atoms with E-state index in [-0.39, 0.29) is 17.3 Å². The fourth-order valence-corrected chi connectivity index (χ4v) is 2.32. The van der Waals surface area contributed by atoms with Crippen LogP contribution < -0.4 is 0 Å². The van der Waals surface area contributed by atoms with Crippen LogP contribution in [0.25, 0.3) is 0 Å². The van der Waals surface area contributed by atoms with Crippen LogP contribution in [0, 0.1) is 0 Å². The van der Waals surface area contributed by atoms with E-state index in [9.17, 15) is 8.42 Å². The lowest BCUT2D eigenvalue weighted by Crippen LogP contribution is -2.12. The summed E-state index contributed by atoms with van der Waals surface area (Å²) in [5.74, 6) is 0.00245. The highest BCUT2D eigenvalue weighted by atomic mass is 35.5. The number of sulfone groups is 1. The first kappa shape index (κ1) is 12.5. The minimum absolute atomic E-state index is 0.00245. The second-order valence-electron chi connectivity index (χ2n) is 2.97. The summed E-state index contributed by atoms with van der Waals surface area (Å²) in [6.45, 7) is 2.58. The zero-order valence-electron chi connectivity index (χ0n) is 8.44. The van der Waals surface area contributed by atoms with E-state index < -0.39 is 9.84 Å². The van der Waals surface area contributed by atoms with E-state index in [1.807, 2.05) is 6.92 Å². The van der Waals surface area contributed by atoms with Crippen molar-refractivity contribution in [3.05, 3.63) is 29.3 Å². The lowest BCUT2D eigenvalue weighted by Gasteiger charge is -2.04. The van der Waals surface area contributed by atoms with Crippen LogP contribution >= 0.6 is 11.6 Å². The van der Waals surface area contributed by atoms with Gasteiger partial charge >= 0.3 is 0 Å². The normalized spacial score (nSPS) is 11.6. The molecule has 0 aromatic heterocycles. The smallest absolute Gasteiger partial charge is 0.180 e. The standard InChI is InChI=1S/C10H13ClO3S/c1-2-14-7-8-15(12,13)10-5-3-9(11)4-6-10/h3-6H,2,7-8H2,1H3. The van der Waals surface area contributed by atoms with Crippen LogP contribution in [0.4, 0.5) is 0 Å². The van der Waals surface area contributed by atoms with Crippen molar-refractivity contribution in [1.82, 2.24) is 0 Å². The molecule has 0 bridgehead atoms. The molecular formula is C10H13ClO3S. The summed E-state index contributed by atoms with van der Waals surface area (Å²) in [6, 6.07) is 6.14. The van der Waals surface area contributed by atoms with Gasteiger partial charge in [0.05, 0.1) is 17.3 Å². The Balaban J connectivity index is 2.73. The van der Waals surface area contributed by atoms with Crippen LogP contribution in [0.3, 0.4) is 0 Å². The van der Waals surface area contributed by atoms with E-state index in [1.165, 1.54) is 12.1 Å². The van der Waals surface area contributed by atoms with Gasteiger partial charge in [0.15, 0.2) is 9.84 Å². The van der Waals surface area contributed by atoms with Gasteiger partial charge < -0.3 is 4.74 Å². The molecule has 1 aromatic carbocycles. The number of hydrogen-bond acceptors (Lipinski definition) is 3. The van der Waals surface area contributed by atoms with Crippen molar-refractivity contribution in [2.24, 2.45) is 0 Å². The zero-order chi connectivity index (χ0) is 11.3. The quantitative estimate of drug-likeness (QED) is 0.750. The summed E-state index contributed by atoms with van der Waals surface area (Å²) in [5, 5.41) is 0.527. The monoisotopic (exact) mass is 248 g/mol. The molecule has 0 amide bonds. The first-order valence-electron chi connectivity index (χ1n) is 4.62. The second kappa shape index (κ2) is 5.49. The zero-order valence-corrected chi connectivity index (χ0v) is 10.0. The predicted molar refractivity (Wildman–Crippen MR) is 60.0 cm³/mol. The van der Waals surface area contributed by atoms with Crippen molar-refractivity contribution < 1.29 is 13.2 Å². The van der Waals surface area contributed by atoms with Crippen molar-refractivity contribution in [2.75, 3.05) is 19.0 Å². The highest BCUT2D eigenvalue weighted by molar-refractivity contribution is 7.91. The van der Waals surface area contributed by atoms with E-state index in [0.717, 1.165) is 0 Å². The molecule has 15 heavy (non-hydrogen) atoms. The second-order valence-corrected chi connectivity index (χ2v) is 5.52. The van der Waals surface area contributed by atoms with Gasteiger partial charge in [0.25, 0.3) is 0 Å². The van der Waals surface area contributed by atoms with Crippen molar-refractivity contribution >= 4 is 21.4 Å². The molecular weight excluding hydrogens is 236 g/mol. The van der Waals surface area contributed by atoms with E-state index >= 15 is 0 Å². The van der Waals surface area contributed by atoms with Gasteiger partial charge in [-0.25, -0.2) is 8.42 Å². The molecule has 0 atom stereocenters. The lowest BCUT2D eigenvalue weighted by atomic mass is 10.4. The van der Waals surface area contributed by atoms with Crippen molar-refractivity contribution in [1.29, 1.82) is 0 Å². The van der Waals surface area contributed by atoms with E-state index in [0.29, 0.717) is 11.6 Å². The maximum atomic E-state index is 11.7. The van der Waals surface area contributed by atoms with E-state index in [2.05, 4.69) is 0 Å². The fourth-order valence-electron chi connectivity index (χ4n) is 1.07. The summed E-state index contributed by atoms with van der Waals surface area (Å²) in [5.41, 5.74) is 0. The third-order valence-corrected chi connectivity index (χ3v) is 3.82. The first-order valence-corrected chi connectivity index (χ1v) is 6.65. The summed E-state index contributed by atoms with van der Waals surface area (Å²) in [4.78, 5) is 0.284. The number of benzene rings is 1. The average molecular weight is 249 g/mol. The summed E-state index contributed by atoms with van der Waals surface area (Å²) < 4.78 is 28.4. The van der Waals surface area contributed by atoms with Gasteiger partial charge in [-0.2, -0.15) is 0 Å². The Morgan fingerprint density at radius 2 is 1.87 bits per heavy atom. The molecule has 1 rings (SSSR count). The van der Waals surface area contributed by atoms with Gasteiger partial charge in [-0.05, 0) is 31.2 Å². The van der Waals surface area contributed by atoms with Gasteiger partial charge in [0.2, 0.25) is 0 Å². The predicted octanol–water partition coefficient (Wildman–Crippen LogP) is 2.15. The minimum atomic E-state index is -3.23. The number of hydrogen-bond donors (Lipinski definition) is 0. The molecule has 0 unspecified atom stereocenters. The molecule has 5 heteroatoms. The van der Waals surface area contributed by atoms with E-state index in [1.54, 1.807) is 12.1 Å². The van der Waals surface area contributed by atoms with Crippen LogP contribution in [-0.4, -0.2) is 27.4 Å². The molecule has 0 spiro atoms. The highest BCUT2D eigenvalue weighted by Gasteiger charge is 2.13. The number of halogens is 1. The minimum Gasteiger partial charge on any atom is -0.381 e. The van der Waals surface area contributed by atoms with Crippen LogP contribution in [0.5, 0.6) is 0 Å². The molecule has 3 nitrogen and oxygen atoms in total. The van der Waals surface area contributed by atoms with Crippen molar-refractivity contribution in [2.45, 2.75) is 11.8 Å². The molecule has 0 aliphatic rings. The maximum absolute atomic E-state index is 11.7. The molecule has 0 saturated carbocycles. The Morgan fingerprint density at radius 1 is 1.27 bits per heavy atom. The van der Waals surface area contributed by atoms with Crippen LogP contribution in [-0.2, 0) is 14.6 Å². The van der Waals surface area contributed by atoms with Crippen LogP contribution in [0.1, 0.15) is 6.92 Å². The van der Waals surface area contributed by atoms with Gasteiger partial charge in [0.1, 0.15) is 0 Å². The maximum Gasteiger partial charge on any atom is 0.180 e. The molecule has 0 saturated heterocycles. The SMILES string of the molecule is CCOCCS(=O)(=O)c1ccc(Cl)cc1. The molecule has 0 N–H and O–H groups in total. The van der Waals surface area contributed by atoms with E-state index in [4.69, 9.17) is 16.3 Å². The molecule has 84 valence electrons. The molecule has 0 aliphatic carbocycles. The van der Waals surface area contributed by atoms with Crippen molar-refractivity contribution in [3.8, 4) is 0 Å². The molecule has 1 aromatic rings. The first-order chi connectivity index (χ1) is 7.06. The highest BCUT2D eigenvalue weighted by Crippen LogP contribution is 2.15. The van der Waals surface area contributed by atoms with Gasteiger partial charge in [-0.3, -0.25) is 0 Å². The van der Waals surface area contributed by atoms with Gasteiger partial charge in [-0.15, -0.1) is 0 Å². The van der Waals surface area contributed by atoms with Gasteiger partial charge in [0, 0.05) is 11.6 Å². The third-order valence-electron chi connectivity index (χ3n) is 1.87. The molecule has 0 radical (unpaired) electrons. The average Bonchev–Trinajstić information content (AvgIpc) is 2.18. The molecule has 0 fully saturated rings. The molecule has 0 aliphatic heterocycles. The molecule has 0 heterocycles. The summed E-state index contributed by atoms with van der Waals surface area (Å²) in [7, 11) is -3.23. The summed E-state index contributed by atoms with van der Waals surface area (Å²) >= 11 is 5.67. The number of ether oxygens (including phenoxy) is 1. The van der Waals surface area contributed by atoms with Gasteiger partial charge in [-0.1, -0.05) is 11.6 Å². The third kappa shape index (κ3) is 3.81. The topological polar surface area (TPSA) is 43.4 Å². The Hall–Kier alpha value is -0.580. The lowest BCUT2D eigenvalue weighted by molar-refractivity contribution is 0.163. The summed E-state index contributed by atoms with van der Waals surface area (Å²) in [6.07, 6.45) is 0. The van der Waals surface area contributed by atoms with Crippen LogP contribution in [0.2, 0.25) is 5.02 Å². The van der Waals surface area contributed by atoms with Crippen molar-refractivity contribution in [3.63, 3.8) is 0 Å². The Morgan fingerprint density at radius 3 is 2.40 bits per heavy atom. The largest absolute Gasteiger partial charge is 0.381 e. The Labute approximate surface area is 94.9 Å². The van der Waals surface area contributed by atoms with Crippen LogP contribution in [0.15, 0.2) is 29.2 Å². The fraction of sp³-hybridized carbons (Fsp3) is 0.400. The Bertz CT molecular complexity index is 397. The Kier molecular flexibility index (Phi) is 4.57.